The normalized spacial score (nSPS) is 28.2. The minimum atomic E-state index is -0.0987. The van der Waals surface area contributed by atoms with Gasteiger partial charge in [-0.05, 0) is 18.9 Å². The number of nitrogens with zero attached hydrogens (tertiary/aromatic N) is 3. The number of methoxy groups -OCH3 is 1. The number of likely N-dealkylation sites (tertiary alicyclic amines) is 3. The molecular weight excluding hydrogens is 332 g/mol. The van der Waals surface area contributed by atoms with Crippen molar-refractivity contribution in [2.45, 2.75) is 18.4 Å². The molecule has 0 saturated carbocycles. The summed E-state index contributed by atoms with van der Waals surface area (Å²) in [5.41, 5.74) is 0.611. The van der Waals surface area contributed by atoms with E-state index >= 15 is 0 Å². The van der Waals surface area contributed by atoms with Crippen molar-refractivity contribution in [3.63, 3.8) is 0 Å². The second-order valence-electron chi connectivity index (χ2n) is 7.86. The van der Waals surface area contributed by atoms with Gasteiger partial charge in [0, 0.05) is 65.2 Å². The van der Waals surface area contributed by atoms with Crippen LogP contribution in [0, 0.1) is 11.8 Å². The molecule has 2 atom stereocenters. The fourth-order valence-electron chi connectivity index (χ4n) is 5.24. The maximum atomic E-state index is 12.9. The first-order valence-electron chi connectivity index (χ1n) is 9.48. The average Bonchev–Trinajstić information content (AvgIpc) is 3.37. The predicted molar refractivity (Wildman–Crippen MR) is 96.7 cm³/mol. The van der Waals surface area contributed by atoms with Crippen LogP contribution in [0.1, 0.15) is 23.2 Å². The minimum Gasteiger partial charge on any atom is -0.383 e. The summed E-state index contributed by atoms with van der Waals surface area (Å²) in [6, 6.07) is 1.82. The maximum absolute atomic E-state index is 12.9. The number of amides is 2. The maximum Gasteiger partial charge on any atom is 0.255 e. The van der Waals surface area contributed by atoms with Gasteiger partial charge in [0.1, 0.15) is 0 Å². The van der Waals surface area contributed by atoms with Crippen LogP contribution in [0.2, 0.25) is 0 Å². The Kier molecular flexibility index (Phi) is 4.52. The molecule has 2 unspecified atom stereocenters. The van der Waals surface area contributed by atoms with Crippen LogP contribution in [0.4, 0.5) is 0 Å². The number of H-pyrrole nitrogens is 1. The number of hydrogen-bond donors (Lipinski definition) is 1. The van der Waals surface area contributed by atoms with Gasteiger partial charge in [0.15, 0.2) is 0 Å². The Morgan fingerprint density at radius 2 is 2.12 bits per heavy atom. The van der Waals surface area contributed by atoms with E-state index in [1.807, 2.05) is 22.9 Å². The molecule has 3 aliphatic heterocycles. The summed E-state index contributed by atoms with van der Waals surface area (Å²) < 4.78 is 5.20. The topological polar surface area (TPSA) is 68.9 Å². The van der Waals surface area contributed by atoms with Crippen molar-refractivity contribution in [1.82, 2.24) is 19.7 Å². The minimum absolute atomic E-state index is 0.0813. The molecule has 1 aromatic heterocycles. The molecule has 26 heavy (non-hydrogen) atoms. The molecule has 4 rings (SSSR count). The lowest BCUT2D eigenvalue weighted by Crippen LogP contribution is -2.56. The Morgan fingerprint density at radius 3 is 2.77 bits per heavy atom. The zero-order valence-corrected chi connectivity index (χ0v) is 15.6. The van der Waals surface area contributed by atoms with Crippen molar-refractivity contribution in [3.05, 3.63) is 24.0 Å². The number of rotatable bonds is 4. The summed E-state index contributed by atoms with van der Waals surface area (Å²) >= 11 is 0. The number of ether oxygens (including phenoxy) is 1. The predicted octanol–water partition coefficient (Wildman–Crippen LogP) is 0.656. The first-order valence-corrected chi connectivity index (χ1v) is 9.48. The molecule has 0 aliphatic carbocycles. The van der Waals surface area contributed by atoms with Gasteiger partial charge >= 0.3 is 0 Å². The molecule has 1 spiro atoms. The number of carbonyl (C=O) groups excluding carboxylic acids is 2. The van der Waals surface area contributed by atoms with Crippen LogP contribution in [0.3, 0.4) is 0 Å². The molecule has 2 amide bonds. The summed E-state index contributed by atoms with van der Waals surface area (Å²) in [6.07, 6.45) is 5.26. The molecular formula is C19H28N4O3. The van der Waals surface area contributed by atoms with Crippen molar-refractivity contribution in [2.75, 3.05) is 53.5 Å². The van der Waals surface area contributed by atoms with Crippen LogP contribution < -0.4 is 0 Å². The molecule has 3 fully saturated rings. The zero-order valence-electron chi connectivity index (χ0n) is 15.6. The first kappa shape index (κ1) is 17.5. The molecule has 0 bridgehead atoms. The second kappa shape index (κ2) is 6.70. The zero-order chi connectivity index (χ0) is 18.3. The highest BCUT2D eigenvalue weighted by atomic mass is 16.5. The average molecular weight is 360 g/mol. The van der Waals surface area contributed by atoms with Gasteiger partial charge in [0.2, 0.25) is 5.91 Å². The molecule has 0 radical (unpaired) electrons. The Labute approximate surface area is 154 Å². The highest BCUT2D eigenvalue weighted by molar-refractivity contribution is 5.94. The van der Waals surface area contributed by atoms with Crippen LogP contribution >= 0.6 is 0 Å². The van der Waals surface area contributed by atoms with Crippen molar-refractivity contribution in [2.24, 2.45) is 11.8 Å². The third-order valence-corrected chi connectivity index (χ3v) is 6.77. The van der Waals surface area contributed by atoms with Gasteiger partial charge in [-0.2, -0.15) is 0 Å². The van der Waals surface area contributed by atoms with Crippen LogP contribution in [-0.2, 0) is 9.53 Å². The van der Waals surface area contributed by atoms with E-state index in [1.54, 1.807) is 19.5 Å². The van der Waals surface area contributed by atoms with Gasteiger partial charge in [-0.25, -0.2) is 0 Å². The van der Waals surface area contributed by atoms with E-state index in [0.29, 0.717) is 31.2 Å². The highest BCUT2D eigenvalue weighted by Gasteiger charge is 2.60. The Bertz CT molecular complexity index is 666. The number of fused-ring (bicyclic) bond motifs is 2. The SMILES string of the molecule is COCCN1CC2C(=O)N(C)C3(CCN(C(=O)c4cc[nH]c4)CC3)C2C1. The molecule has 0 aromatic carbocycles. The molecule has 3 aliphatic rings. The summed E-state index contributed by atoms with van der Waals surface area (Å²) in [5.74, 6) is 0.822. The fourth-order valence-corrected chi connectivity index (χ4v) is 5.24. The number of aromatic nitrogens is 1. The van der Waals surface area contributed by atoms with E-state index in [0.717, 1.165) is 32.5 Å². The van der Waals surface area contributed by atoms with E-state index in [2.05, 4.69) is 9.88 Å². The number of carbonyl (C=O) groups is 2. The standard InChI is InChI=1S/C19H28N4O3/c1-21-18(25)15-12-22(9-10-26-2)13-16(15)19(21)4-7-23(8-5-19)17(24)14-3-6-20-11-14/h3,6,11,15-16,20H,4-5,7-10,12-13H2,1-2H3. The van der Waals surface area contributed by atoms with Gasteiger partial charge in [-0.1, -0.05) is 0 Å². The molecule has 4 heterocycles. The molecule has 1 aromatic rings. The number of aromatic amines is 1. The third-order valence-electron chi connectivity index (χ3n) is 6.77. The van der Waals surface area contributed by atoms with E-state index in [-0.39, 0.29) is 23.3 Å². The van der Waals surface area contributed by atoms with Crippen molar-refractivity contribution in [3.8, 4) is 0 Å². The highest BCUT2D eigenvalue weighted by Crippen LogP contribution is 2.48. The van der Waals surface area contributed by atoms with E-state index in [9.17, 15) is 9.59 Å². The van der Waals surface area contributed by atoms with E-state index < -0.39 is 0 Å². The molecule has 7 heteroatoms. The Morgan fingerprint density at radius 1 is 1.35 bits per heavy atom. The second-order valence-corrected chi connectivity index (χ2v) is 7.86. The smallest absolute Gasteiger partial charge is 0.255 e. The molecule has 142 valence electrons. The van der Waals surface area contributed by atoms with Gasteiger partial charge in [-0.15, -0.1) is 0 Å². The molecule has 7 nitrogen and oxygen atoms in total. The third kappa shape index (κ3) is 2.65. The lowest BCUT2D eigenvalue weighted by molar-refractivity contribution is -0.133. The van der Waals surface area contributed by atoms with Gasteiger partial charge < -0.3 is 19.5 Å². The van der Waals surface area contributed by atoms with Gasteiger partial charge in [0.05, 0.1) is 23.6 Å². The summed E-state index contributed by atoms with van der Waals surface area (Å²) in [4.78, 5) is 34.7. The summed E-state index contributed by atoms with van der Waals surface area (Å²) in [5, 5.41) is 0. The fraction of sp³-hybridized carbons (Fsp3) is 0.684. The van der Waals surface area contributed by atoms with Crippen LogP contribution in [0.25, 0.3) is 0 Å². The molecule has 1 N–H and O–H groups in total. The van der Waals surface area contributed by atoms with Crippen LogP contribution in [-0.4, -0.2) is 90.5 Å². The van der Waals surface area contributed by atoms with E-state index in [1.165, 1.54) is 0 Å². The monoisotopic (exact) mass is 360 g/mol. The van der Waals surface area contributed by atoms with Crippen LogP contribution in [0.15, 0.2) is 18.5 Å². The Balaban J connectivity index is 1.46. The van der Waals surface area contributed by atoms with Crippen molar-refractivity contribution >= 4 is 11.8 Å². The number of nitrogens with one attached hydrogen (secondary N) is 1. The lowest BCUT2D eigenvalue weighted by Gasteiger charge is -2.46. The quantitative estimate of drug-likeness (QED) is 0.856. The Hall–Kier alpha value is -1.86. The van der Waals surface area contributed by atoms with Crippen molar-refractivity contribution in [1.29, 1.82) is 0 Å². The largest absolute Gasteiger partial charge is 0.383 e. The van der Waals surface area contributed by atoms with E-state index in [4.69, 9.17) is 4.74 Å². The lowest BCUT2D eigenvalue weighted by atomic mass is 9.75. The van der Waals surface area contributed by atoms with Crippen LogP contribution in [0.5, 0.6) is 0 Å². The van der Waals surface area contributed by atoms with Gasteiger partial charge in [0.25, 0.3) is 5.91 Å². The summed E-state index contributed by atoms with van der Waals surface area (Å²) in [6.45, 7) is 4.80. The first-order chi connectivity index (χ1) is 12.6. The van der Waals surface area contributed by atoms with Crippen molar-refractivity contribution < 1.29 is 14.3 Å². The molecule has 3 saturated heterocycles. The number of hydrogen-bond acceptors (Lipinski definition) is 4. The summed E-state index contributed by atoms with van der Waals surface area (Å²) in [7, 11) is 3.68. The number of piperidine rings is 1. The van der Waals surface area contributed by atoms with Gasteiger partial charge in [-0.3, -0.25) is 14.5 Å².